The van der Waals surface area contributed by atoms with Crippen molar-refractivity contribution in [3.63, 3.8) is 0 Å². The first-order chi connectivity index (χ1) is 18.0. The van der Waals surface area contributed by atoms with Crippen molar-refractivity contribution in [3.05, 3.63) is 119 Å². The Labute approximate surface area is 223 Å². The van der Waals surface area contributed by atoms with Crippen molar-refractivity contribution in [1.29, 1.82) is 0 Å². The number of nitrogens with one attached hydrogen (secondary N) is 2. The third kappa shape index (κ3) is 5.70. The zero-order chi connectivity index (χ0) is 27.5. The molecular formula is C32H32N2O4. The monoisotopic (exact) mass is 508 g/mol. The number of phenols is 2. The molecule has 2 amide bonds. The average Bonchev–Trinajstić information content (AvgIpc) is 2.90. The van der Waals surface area contributed by atoms with E-state index >= 15 is 0 Å². The van der Waals surface area contributed by atoms with E-state index in [1.54, 1.807) is 48.5 Å². The fourth-order valence-electron chi connectivity index (χ4n) is 4.41. The molecule has 0 aliphatic heterocycles. The number of phenolic OH excluding ortho intramolecular Hbond substituents is 2. The van der Waals surface area contributed by atoms with E-state index < -0.39 is 11.8 Å². The van der Waals surface area contributed by atoms with Crippen LogP contribution in [0.15, 0.2) is 97.1 Å². The molecule has 38 heavy (non-hydrogen) atoms. The predicted octanol–water partition coefficient (Wildman–Crippen LogP) is 6.33. The Morgan fingerprint density at radius 1 is 0.474 bits per heavy atom. The maximum absolute atomic E-state index is 12.5. The van der Waals surface area contributed by atoms with Crippen LogP contribution < -0.4 is 10.6 Å². The SMILES string of the molecule is CC(C)(c1ccc(O)cc1)c1ccc(NC(=O)C(=O)Nc2ccc(C(C)(C)c3ccc(O)cc3)cc2)cc1. The predicted molar refractivity (Wildman–Crippen MR) is 151 cm³/mol. The van der Waals surface area contributed by atoms with Crippen LogP contribution in [-0.4, -0.2) is 22.0 Å². The van der Waals surface area contributed by atoms with E-state index in [-0.39, 0.29) is 22.3 Å². The first kappa shape index (κ1) is 26.5. The maximum Gasteiger partial charge on any atom is 0.314 e. The summed E-state index contributed by atoms with van der Waals surface area (Å²) in [6, 6.07) is 28.9. The first-order valence-electron chi connectivity index (χ1n) is 12.4. The van der Waals surface area contributed by atoms with Gasteiger partial charge in [0.25, 0.3) is 0 Å². The lowest BCUT2D eigenvalue weighted by Gasteiger charge is -2.26. The summed E-state index contributed by atoms with van der Waals surface area (Å²) in [4.78, 5) is 25.0. The molecule has 0 radical (unpaired) electrons. The first-order valence-corrected chi connectivity index (χ1v) is 12.4. The van der Waals surface area contributed by atoms with Gasteiger partial charge in [0.15, 0.2) is 0 Å². The fourth-order valence-corrected chi connectivity index (χ4v) is 4.41. The molecule has 194 valence electrons. The van der Waals surface area contributed by atoms with E-state index in [0.717, 1.165) is 22.3 Å². The van der Waals surface area contributed by atoms with E-state index in [0.29, 0.717) is 11.4 Å². The molecule has 0 spiro atoms. The molecule has 4 N–H and O–H groups in total. The van der Waals surface area contributed by atoms with Gasteiger partial charge in [0, 0.05) is 22.2 Å². The lowest BCUT2D eigenvalue weighted by molar-refractivity contribution is -0.132. The van der Waals surface area contributed by atoms with Crippen molar-refractivity contribution < 1.29 is 19.8 Å². The van der Waals surface area contributed by atoms with Gasteiger partial charge in [0.2, 0.25) is 0 Å². The number of hydrogen-bond acceptors (Lipinski definition) is 4. The molecule has 4 aromatic carbocycles. The average molecular weight is 509 g/mol. The molecule has 6 heteroatoms. The molecule has 0 atom stereocenters. The van der Waals surface area contributed by atoms with Crippen LogP contribution in [0, 0.1) is 0 Å². The molecule has 0 heterocycles. The smallest absolute Gasteiger partial charge is 0.314 e. The van der Waals surface area contributed by atoms with Gasteiger partial charge in [-0.25, -0.2) is 0 Å². The number of amides is 2. The van der Waals surface area contributed by atoms with Crippen molar-refractivity contribution in [1.82, 2.24) is 0 Å². The van der Waals surface area contributed by atoms with Gasteiger partial charge in [-0.15, -0.1) is 0 Å². The Bertz CT molecular complexity index is 1310. The Morgan fingerprint density at radius 3 is 0.974 bits per heavy atom. The van der Waals surface area contributed by atoms with Gasteiger partial charge in [0.1, 0.15) is 11.5 Å². The van der Waals surface area contributed by atoms with Gasteiger partial charge in [-0.2, -0.15) is 0 Å². The summed E-state index contributed by atoms with van der Waals surface area (Å²) >= 11 is 0. The normalized spacial score (nSPS) is 11.6. The van der Waals surface area contributed by atoms with Crippen LogP contribution in [0.3, 0.4) is 0 Å². The summed E-state index contributed by atoms with van der Waals surface area (Å²) in [5, 5.41) is 24.4. The third-order valence-electron chi connectivity index (χ3n) is 7.11. The number of hydrogen-bond donors (Lipinski definition) is 4. The van der Waals surface area contributed by atoms with Crippen molar-refractivity contribution in [2.75, 3.05) is 10.6 Å². The second-order valence-electron chi connectivity index (χ2n) is 10.4. The van der Waals surface area contributed by atoms with E-state index in [4.69, 9.17) is 0 Å². The zero-order valence-electron chi connectivity index (χ0n) is 21.9. The Morgan fingerprint density at radius 2 is 0.711 bits per heavy atom. The van der Waals surface area contributed by atoms with Crippen molar-refractivity contribution in [2.24, 2.45) is 0 Å². The van der Waals surface area contributed by atoms with Crippen LogP contribution in [0.4, 0.5) is 11.4 Å². The Hall–Kier alpha value is -4.58. The number of rotatable bonds is 6. The molecule has 0 aliphatic rings. The number of anilines is 2. The molecule has 0 saturated carbocycles. The highest BCUT2D eigenvalue weighted by Gasteiger charge is 2.24. The number of aromatic hydroxyl groups is 2. The molecule has 0 fully saturated rings. The molecular weight excluding hydrogens is 476 g/mol. The van der Waals surface area contributed by atoms with Gasteiger partial charge >= 0.3 is 11.8 Å². The van der Waals surface area contributed by atoms with E-state index in [9.17, 15) is 19.8 Å². The summed E-state index contributed by atoms with van der Waals surface area (Å²) in [5.41, 5.74) is 4.56. The molecule has 4 aromatic rings. The molecule has 0 saturated heterocycles. The fraction of sp³-hybridized carbons (Fsp3) is 0.188. The molecule has 0 aromatic heterocycles. The number of benzene rings is 4. The molecule has 4 rings (SSSR count). The van der Waals surface area contributed by atoms with Crippen LogP contribution in [-0.2, 0) is 20.4 Å². The Kier molecular flexibility index (Phi) is 7.26. The van der Waals surface area contributed by atoms with Crippen LogP contribution >= 0.6 is 0 Å². The highest BCUT2D eigenvalue weighted by molar-refractivity contribution is 6.43. The minimum absolute atomic E-state index is 0.217. The molecule has 0 aliphatic carbocycles. The number of carbonyl (C=O) groups is 2. The molecule has 0 unspecified atom stereocenters. The number of carbonyl (C=O) groups excluding carboxylic acids is 2. The lowest BCUT2D eigenvalue weighted by Crippen LogP contribution is -2.29. The molecule has 6 nitrogen and oxygen atoms in total. The van der Waals surface area contributed by atoms with Gasteiger partial charge in [-0.1, -0.05) is 76.2 Å². The quantitative estimate of drug-likeness (QED) is 0.229. The second kappa shape index (κ2) is 10.4. The minimum Gasteiger partial charge on any atom is -0.508 e. The van der Waals surface area contributed by atoms with E-state index in [1.807, 2.05) is 48.5 Å². The van der Waals surface area contributed by atoms with Gasteiger partial charge < -0.3 is 20.8 Å². The summed E-state index contributed by atoms with van der Waals surface area (Å²) in [6.45, 7) is 8.32. The Balaban J connectivity index is 1.38. The molecule has 0 bridgehead atoms. The highest BCUT2D eigenvalue weighted by Crippen LogP contribution is 2.34. The lowest BCUT2D eigenvalue weighted by atomic mass is 9.78. The largest absolute Gasteiger partial charge is 0.508 e. The zero-order valence-corrected chi connectivity index (χ0v) is 21.9. The van der Waals surface area contributed by atoms with Gasteiger partial charge in [-0.3, -0.25) is 9.59 Å². The van der Waals surface area contributed by atoms with Gasteiger partial charge in [-0.05, 0) is 70.8 Å². The highest BCUT2D eigenvalue weighted by atomic mass is 16.3. The van der Waals surface area contributed by atoms with Crippen LogP contribution in [0.5, 0.6) is 11.5 Å². The standard InChI is InChI=1S/C32H32N2O4/c1-31(2,23-9-17-27(35)18-10-23)21-5-13-25(14-6-21)33-29(37)30(38)34-26-15-7-22(8-16-26)32(3,4)24-11-19-28(36)20-12-24/h5-20,35-36H,1-4H3,(H,33,37)(H,34,38). The van der Waals surface area contributed by atoms with Crippen LogP contribution in [0.2, 0.25) is 0 Å². The summed E-state index contributed by atoms with van der Waals surface area (Å²) < 4.78 is 0. The van der Waals surface area contributed by atoms with E-state index in [1.165, 1.54) is 0 Å². The van der Waals surface area contributed by atoms with Gasteiger partial charge in [0.05, 0.1) is 0 Å². The second-order valence-corrected chi connectivity index (χ2v) is 10.4. The van der Waals surface area contributed by atoms with Crippen molar-refractivity contribution in [3.8, 4) is 11.5 Å². The summed E-state index contributed by atoms with van der Waals surface area (Å²) in [5.74, 6) is -1.09. The van der Waals surface area contributed by atoms with Crippen LogP contribution in [0.25, 0.3) is 0 Å². The van der Waals surface area contributed by atoms with E-state index in [2.05, 4.69) is 38.3 Å². The maximum atomic E-state index is 12.5. The van der Waals surface area contributed by atoms with Crippen LogP contribution in [0.1, 0.15) is 49.9 Å². The minimum atomic E-state index is -0.760. The van der Waals surface area contributed by atoms with Crippen molar-refractivity contribution >= 4 is 23.2 Å². The third-order valence-corrected chi connectivity index (χ3v) is 7.11. The summed E-state index contributed by atoms with van der Waals surface area (Å²) in [7, 11) is 0. The van der Waals surface area contributed by atoms with Crippen molar-refractivity contribution in [2.45, 2.75) is 38.5 Å². The summed E-state index contributed by atoms with van der Waals surface area (Å²) in [6.07, 6.45) is 0. The topological polar surface area (TPSA) is 98.7 Å².